The molecule has 7 rings (SSSR count). The Balaban J connectivity index is 0.904. The number of likely N-dealkylation sites (tertiary alicyclic amines) is 2. The molecule has 5 heterocycles. The first-order valence-corrected chi connectivity index (χ1v) is 18.6. The molecule has 2 saturated heterocycles. The Labute approximate surface area is 307 Å². The third-order valence-corrected chi connectivity index (χ3v) is 10.6. The molecule has 3 aromatic heterocycles. The summed E-state index contributed by atoms with van der Waals surface area (Å²) in [5, 5.41) is 1.55. The number of carbonyl (C=O) groups excluding carboxylic acids is 1. The molecule has 2 aromatic carbocycles. The van der Waals surface area contributed by atoms with E-state index in [4.69, 9.17) is 9.47 Å². The number of hydrogen-bond donors (Lipinski definition) is 1. The molecule has 1 N–H and O–H groups in total. The summed E-state index contributed by atoms with van der Waals surface area (Å²) in [6, 6.07) is 16.4. The molecule has 0 radical (unpaired) electrons. The van der Waals surface area contributed by atoms with Crippen LogP contribution >= 0.6 is 0 Å². The van der Waals surface area contributed by atoms with Crippen LogP contribution in [0.1, 0.15) is 55.8 Å². The summed E-state index contributed by atoms with van der Waals surface area (Å²) in [4.78, 5) is 61.5. The van der Waals surface area contributed by atoms with Gasteiger partial charge in [-0.05, 0) is 85.4 Å². The van der Waals surface area contributed by atoms with Crippen molar-refractivity contribution in [3.05, 3.63) is 116 Å². The Morgan fingerprint density at radius 1 is 0.925 bits per heavy atom. The molecular weight excluding hydrogens is 672 g/mol. The molecule has 12 nitrogen and oxygen atoms in total. The smallest absolute Gasteiger partial charge is 0.333 e. The van der Waals surface area contributed by atoms with Crippen molar-refractivity contribution in [3.63, 3.8) is 0 Å². The van der Waals surface area contributed by atoms with Gasteiger partial charge in [-0.2, -0.15) is 0 Å². The van der Waals surface area contributed by atoms with Crippen LogP contribution in [0.25, 0.3) is 27.6 Å². The highest BCUT2D eigenvalue weighted by molar-refractivity contribution is 5.96. The van der Waals surface area contributed by atoms with E-state index in [0.29, 0.717) is 47.9 Å². The fourth-order valence-corrected chi connectivity index (χ4v) is 7.56. The maximum Gasteiger partial charge on any atom is 0.333 e. The van der Waals surface area contributed by atoms with Gasteiger partial charge >= 0.3 is 5.69 Å². The standard InChI is InChI=1S/C41H46N6O6/c1-3-4-18-46-27-35(33-11-17-42-25-34(33)40(46)50)29-5-8-31(9-6-29)53-32-14-19-44(20-15-32)26-28-12-21-45(22-13-28)39(49)30-7-10-37(52-2)36(24-30)47-23-16-38(48)43-41(47)51/h5-11,16-17,23-25,27-28,32H,3-4,12-15,18-22,26H2,1-2H3,(H,43,48,51). The van der Waals surface area contributed by atoms with Crippen molar-refractivity contribution in [3.8, 4) is 28.3 Å². The number of nitrogens with zero attached hydrogens (tertiary/aromatic N) is 5. The Kier molecular flexibility index (Phi) is 10.9. The number of amides is 1. The molecule has 276 valence electrons. The number of fused-ring (bicyclic) bond motifs is 1. The van der Waals surface area contributed by atoms with Crippen molar-refractivity contribution < 1.29 is 14.3 Å². The van der Waals surface area contributed by atoms with Crippen LogP contribution in [0.5, 0.6) is 11.5 Å². The van der Waals surface area contributed by atoms with Crippen LogP contribution in [0.4, 0.5) is 0 Å². The topological polar surface area (TPSA) is 132 Å². The fourth-order valence-electron chi connectivity index (χ4n) is 7.56. The van der Waals surface area contributed by atoms with Gasteiger partial charge in [0.1, 0.15) is 17.6 Å². The van der Waals surface area contributed by atoms with Gasteiger partial charge in [0.05, 0.1) is 18.2 Å². The predicted molar refractivity (Wildman–Crippen MR) is 204 cm³/mol. The number of hydrogen-bond acceptors (Lipinski definition) is 8. The van der Waals surface area contributed by atoms with Gasteiger partial charge in [0.15, 0.2) is 0 Å². The lowest BCUT2D eigenvalue weighted by Gasteiger charge is -2.37. The van der Waals surface area contributed by atoms with Crippen LogP contribution in [0.2, 0.25) is 0 Å². The summed E-state index contributed by atoms with van der Waals surface area (Å²) >= 11 is 0. The largest absolute Gasteiger partial charge is 0.495 e. The quantitative estimate of drug-likeness (QED) is 0.200. The van der Waals surface area contributed by atoms with Crippen LogP contribution in [-0.4, -0.2) is 80.7 Å². The van der Waals surface area contributed by atoms with Gasteiger partial charge in [-0.15, -0.1) is 0 Å². The molecule has 5 aromatic rings. The van der Waals surface area contributed by atoms with Gasteiger partial charge in [-0.1, -0.05) is 25.5 Å². The lowest BCUT2D eigenvalue weighted by Crippen LogP contribution is -2.44. The molecular formula is C41H46N6O6. The summed E-state index contributed by atoms with van der Waals surface area (Å²) in [5.74, 6) is 1.70. The van der Waals surface area contributed by atoms with Crippen LogP contribution in [0, 0.1) is 5.92 Å². The van der Waals surface area contributed by atoms with Gasteiger partial charge in [0.2, 0.25) is 0 Å². The number of ether oxygens (including phenoxy) is 2. The monoisotopic (exact) mass is 718 g/mol. The minimum absolute atomic E-state index is 0.00203. The second kappa shape index (κ2) is 16.0. The van der Waals surface area contributed by atoms with Gasteiger partial charge in [-0.3, -0.25) is 28.9 Å². The van der Waals surface area contributed by atoms with Gasteiger partial charge in [0, 0.05) is 81.2 Å². The fraction of sp³-hybridized carbons (Fsp3) is 0.390. The first-order chi connectivity index (χ1) is 25.8. The Hall–Kier alpha value is -5.49. The SMILES string of the molecule is CCCCn1cc(-c2ccc(OC3CCN(CC4CCN(C(=O)c5ccc(OC)c(-n6ccc(=O)[nH]c6=O)c5)CC4)CC3)cc2)c2ccncc2c1=O. The van der Waals surface area contributed by atoms with Crippen molar-refractivity contribution >= 4 is 16.7 Å². The minimum atomic E-state index is -0.599. The highest BCUT2D eigenvalue weighted by Gasteiger charge is 2.28. The number of piperidine rings is 2. The van der Waals surface area contributed by atoms with Crippen molar-refractivity contribution in [2.24, 2.45) is 5.92 Å². The number of H-pyrrole nitrogens is 1. The molecule has 12 heteroatoms. The van der Waals surface area contributed by atoms with Crippen molar-refractivity contribution in [2.75, 3.05) is 39.8 Å². The second-order valence-electron chi connectivity index (χ2n) is 14.1. The van der Waals surface area contributed by atoms with E-state index in [-0.39, 0.29) is 17.6 Å². The van der Waals surface area contributed by atoms with E-state index in [2.05, 4.69) is 33.9 Å². The van der Waals surface area contributed by atoms with Gasteiger partial charge in [0.25, 0.3) is 17.0 Å². The minimum Gasteiger partial charge on any atom is -0.495 e. The zero-order chi connectivity index (χ0) is 36.9. The molecule has 0 aliphatic carbocycles. The summed E-state index contributed by atoms with van der Waals surface area (Å²) in [5.41, 5.74) is 1.83. The number of nitrogens with one attached hydrogen (secondary N) is 1. The highest BCUT2D eigenvalue weighted by Crippen LogP contribution is 2.30. The van der Waals surface area contributed by atoms with E-state index in [9.17, 15) is 19.2 Å². The van der Waals surface area contributed by atoms with E-state index < -0.39 is 11.2 Å². The maximum absolute atomic E-state index is 13.5. The van der Waals surface area contributed by atoms with Crippen molar-refractivity contribution in [1.29, 1.82) is 0 Å². The summed E-state index contributed by atoms with van der Waals surface area (Å²) in [7, 11) is 1.50. The number of aromatic nitrogens is 4. The second-order valence-corrected chi connectivity index (χ2v) is 14.1. The number of methoxy groups -OCH3 is 1. The first-order valence-electron chi connectivity index (χ1n) is 18.6. The Morgan fingerprint density at radius 2 is 1.70 bits per heavy atom. The molecule has 2 aliphatic rings. The summed E-state index contributed by atoms with van der Waals surface area (Å²) in [6.07, 6.45) is 12.6. The number of unbranched alkanes of at least 4 members (excludes halogenated alkanes) is 1. The van der Waals surface area contributed by atoms with Crippen LogP contribution < -0.4 is 26.3 Å². The highest BCUT2D eigenvalue weighted by atomic mass is 16.5. The molecule has 0 bridgehead atoms. The van der Waals surface area contributed by atoms with Crippen LogP contribution in [-0.2, 0) is 6.54 Å². The van der Waals surface area contributed by atoms with Gasteiger partial charge < -0.3 is 23.8 Å². The molecule has 53 heavy (non-hydrogen) atoms. The summed E-state index contributed by atoms with van der Waals surface area (Å²) < 4.78 is 15.0. The number of rotatable bonds is 11. The van der Waals surface area contributed by atoms with Crippen LogP contribution in [0.3, 0.4) is 0 Å². The third kappa shape index (κ3) is 7.97. The van der Waals surface area contributed by atoms with E-state index in [0.717, 1.165) is 80.4 Å². The molecule has 0 atom stereocenters. The van der Waals surface area contributed by atoms with Crippen molar-refractivity contribution in [1.82, 2.24) is 28.9 Å². The van der Waals surface area contributed by atoms with Crippen LogP contribution in [0.15, 0.2) is 93.8 Å². The lowest BCUT2D eigenvalue weighted by molar-refractivity contribution is 0.0606. The maximum atomic E-state index is 13.5. The van der Waals surface area contributed by atoms with E-state index >= 15 is 0 Å². The molecule has 0 spiro atoms. The molecule has 0 unspecified atom stereocenters. The number of aryl methyl sites for hydroxylation is 1. The molecule has 2 fully saturated rings. The Morgan fingerprint density at radius 3 is 2.42 bits per heavy atom. The summed E-state index contributed by atoms with van der Waals surface area (Å²) in [6.45, 7) is 7.11. The molecule has 0 saturated carbocycles. The van der Waals surface area contributed by atoms with E-state index in [1.807, 2.05) is 33.9 Å². The third-order valence-electron chi connectivity index (χ3n) is 10.6. The molecule has 1 amide bonds. The zero-order valence-corrected chi connectivity index (χ0v) is 30.3. The number of pyridine rings is 2. The first kappa shape index (κ1) is 35.9. The number of aromatic amines is 1. The Bertz CT molecular complexity index is 2250. The zero-order valence-electron chi connectivity index (χ0n) is 30.3. The number of benzene rings is 2. The van der Waals surface area contributed by atoms with Gasteiger partial charge in [-0.25, -0.2) is 4.79 Å². The average molecular weight is 719 g/mol. The predicted octanol–water partition coefficient (Wildman–Crippen LogP) is 5.11. The van der Waals surface area contributed by atoms with E-state index in [1.165, 1.54) is 23.9 Å². The normalized spacial score (nSPS) is 15.8. The lowest BCUT2D eigenvalue weighted by atomic mass is 9.94. The van der Waals surface area contributed by atoms with E-state index in [1.54, 1.807) is 30.6 Å². The van der Waals surface area contributed by atoms with Crippen molar-refractivity contribution in [2.45, 2.75) is 58.1 Å². The number of carbonyl (C=O) groups is 1. The molecule has 2 aliphatic heterocycles. The average Bonchev–Trinajstić information content (AvgIpc) is 3.19.